The summed E-state index contributed by atoms with van der Waals surface area (Å²) in [6.45, 7) is 5.59. The Kier molecular flexibility index (Phi) is 15.0. The molecule has 11 heteroatoms. The van der Waals surface area contributed by atoms with Crippen LogP contribution in [0.5, 0.6) is 0 Å². The summed E-state index contributed by atoms with van der Waals surface area (Å²) in [6, 6.07) is 7.09. The van der Waals surface area contributed by atoms with Crippen molar-refractivity contribution < 1.29 is 24.0 Å². The molecule has 1 fully saturated rings. The first-order chi connectivity index (χ1) is 18.7. The molecule has 1 aromatic rings. The smallest absolute Gasteiger partial charge is 0.289 e. The Morgan fingerprint density at radius 3 is 2.33 bits per heavy atom. The molecule has 1 saturated heterocycles. The third-order valence-corrected chi connectivity index (χ3v) is 9.20. The molecule has 0 bridgehead atoms. The lowest BCUT2D eigenvalue weighted by atomic mass is 9.99. The molecule has 4 N–H and O–H groups in total. The highest BCUT2D eigenvalue weighted by Gasteiger charge is 2.30. The average Bonchev–Trinajstić information content (AvgIpc) is 3.43. The van der Waals surface area contributed by atoms with Gasteiger partial charge in [0.2, 0.25) is 23.5 Å². The zero-order chi connectivity index (χ0) is 28.6. The van der Waals surface area contributed by atoms with Crippen LogP contribution in [0.2, 0.25) is 0 Å². The number of Topliss-reactive ketones (excluding diaryl/α,β-unsaturated/α-hetero) is 1. The van der Waals surface area contributed by atoms with Crippen molar-refractivity contribution >= 4 is 51.0 Å². The van der Waals surface area contributed by atoms with E-state index in [4.69, 9.17) is 0 Å². The molecule has 3 atom stereocenters. The minimum Gasteiger partial charge on any atom is -0.350 e. The predicted octanol–water partition coefficient (Wildman–Crippen LogP) is 2.78. The Hall–Kier alpha value is -2.53. The van der Waals surface area contributed by atoms with Crippen LogP contribution in [0.3, 0.4) is 0 Å². The topological polar surface area (TPSA) is 133 Å². The monoisotopic (exact) mass is 578 g/mol. The van der Waals surface area contributed by atoms with Gasteiger partial charge in [-0.05, 0) is 44.1 Å². The minimum atomic E-state index is -1.08. The fraction of sp³-hybridized carbons (Fsp3) is 0.607. The van der Waals surface area contributed by atoms with Crippen LogP contribution in [0.4, 0.5) is 0 Å². The van der Waals surface area contributed by atoms with Gasteiger partial charge in [-0.15, -0.1) is 0 Å². The van der Waals surface area contributed by atoms with Crippen molar-refractivity contribution in [3.05, 3.63) is 35.9 Å². The lowest BCUT2D eigenvalue weighted by Crippen LogP contribution is -2.55. The first-order valence-corrected chi connectivity index (χ1v) is 16.1. The molecular formula is C28H42N4O5S2. The van der Waals surface area contributed by atoms with Gasteiger partial charge >= 0.3 is 0 Å². The van der Waals surface area contributed by atoms with Gasteiger partial charge in [0.05, 0.1) is 6.54 Å². The maximum Gasteiger partial charge on any atom is 0.289 e. The van der Waals surface area contributed by atoms with Crippen molar-refractivity contribution in [1.82, 2.24) is 21.3 Å². The Morgan fingerprint density at radius 1 is 0.949 bits per heavy atom. The quantitative estimate of drug-likeness (QED) is 0.127. The maximum atomic E-state index is 13.2. The van der Waals surface area contributed by atoms with E-state index in [1.807, 2.05) is 65.8 Å². The van der Waals surface area contributed by atoms with Gasteiger partial charge in [-0.2, -0.15) is 0 Å². The number of hydrogen-bond acceptors (Lipinski definition) is 7. The summed E-state index contributed by atoms with van der Waals surface area (Å²) >= 11 is 0. The van der Waals surface area contributed by atoms with E-state index in [1.165, 1.54) is 12.2 Å². The predicted molar refractivity (Wildman–Crippen MR) is 157 cm³/mol. The van der Waals surface area contributed by atoms with Crippen LogP contribution in [0.25, 0.3) is 0 Å². The molecule has 1 aromatic carbocycles. The summed E-state index contributed by atoms with van der Waals surface area (Å²) < 4.78 is 0. The fourth-order valence-corrected chi connectivity index (χ4v) is 7.20. The number of unbranched alkanes of at least 4 members (excludes halogenated alkanes) is 1. The average molecular weight is 579 g/mol. The number of hydrogen-bond donors (Lipinski definition) is 4. The molecule has 216 valence electrons. The molecule has 1 heterocycles. The van der Waals surface area contributed by atoms with Crippen molar-refractivity contribution in [2.45, 2.75) is 83.1 Å². The number of likely N-dealkylation sites (N-methyl/N-ethyl adjacent to an activating group) is 1. The molecule has 9 nitrogen and oxygen atoms in total. The van der Waals surface area contributed by atoms with E-state index in [9.17, 15) is 24.0 Å². The van der Waals surface area contributed by atoms with E-state index < -0.39 is 35.6 Å². The van der Waals surface area contributed by atoms with Gasteiger partial charge < -0.3 is 21.3 Å². The van der Waals surface area contributed by atoms with Crippen LogP contribution in [0, 0.1) is 5.92 Å². The van der Waals surface area contributed by atoms with Crippen molar-refractivity contribution in [2.75, 3.05) is 18.8 Å². The summed E-state index contributed by atoms with van der Waals surface area (Å²) in [5.41, 5.74) is 0.786. The SMILES string of the molecule is CCNC(=O)C(=O)[C@H](Cc1ccccc1)NC(=O)[C@H](CC(C)C)NC(=O)CNC(=O)CCCCC1CCSS1. The Bertz CT molecular complexity index is 955. The number of nitrogens with one attached hydrogen (secondary N) is 4. The van der Waals surface area contributed by atoms with E-state index in [2.05, 4.69) is 21.3 Å². The second-order valence-corrected chi connectivity index (χ2v) is 12.9. The lowest BCUT2D eigenvalue weighted by Gasteiger charge is -2.24. The van der Waals surface area contributed by atoms with Crippen LogP contribution >= 0.6 is 21.6 Å². The first kappa shape index (κ1) is 32.7. The fourth-order valence-electron chi connectivity index (χ4n) is 4.17. The van der Waals surface area contributed by atoms with Crippen molar-refractivity contribution in [2.24, 2.45) is 5.92 Å². The van der Waals surface area contributed by atoms with Gasteiger partial charge in [0.1, 0.15) is 12.1 Å². The van der Waals surface area contributed by atoms with Gasteiger partial charge in [0.25, 0.3) is 5.91 Å². The third-order valence-electron chi connectivity index (χ3n) is 6.19. The van der Waals surface area contributed by atoms with Crippen molar-refractivity contribution in [3.63, 3.8) is 0 Å². The highest BCUT2D eigenvalue weighted by molar-refractivity contribution is 8.77. The highest BCUT2D eigenvalue weighted by atomic mass is 33.1. The molecule has 0 aliphatic carbocycles. The van der Waals surface area contributed by atoms with Gasteiger partial charge in [0, 0.05) is 30.4 Å². The Balaban J connectivity index is 1.91. The molecule has 39 heavy (non-hydrogen) atoms. The summed E-state index contributed by atoms with van der Waals surface area (Å²) in [5, 5.41) is 11.2. The van der Waals surface area contributed by atoms with Crippen molar-refractivity contribution in [1.29, 1.82) is 0 Å². The number of benzene rings is 1. The number of ketones is 1. The Morgan fingerprint density at radius 2 is 1.69 bits per heavy atom. The van der Waals surface area contributed by atoms with E-state index in [0.29, 0.717) is 18.1 Å². The molecule has 1 aliphatic rings. The van der Waals surface area contributed by atoms with E-state index in [0.717, 1.165) is 24.8 Å². The lowest BCUT2D eigenvalue weighted by molar-refractivity contribution is -0.140. The maximum absolute atomic E-state index is 13.2. The largest absolute Gasteiger partial charge is 0.350 e. The van der Waals surface area contributed by atoms with Crippen LogP contribution in [0.15, 0.2) is 30.3 Å². The molecule has 0 spiro atoms. The normalized spacial score (nSPS) is 16.3. The molecule has 1 unspecified atom stereocenters. The van der Waals surface area contributed by atoms with Crippen LogP contribution < -0.4 is 21.3 Å². The molecule has 0 radical (unpaired) electrons. The summed E-state index contributed by atoms with van der Waals surface area (Å²) in [5.74, 6) is -1.49. The molecule has 4 amide bonds. The first-order valence-electron chi connectivity index (χ1n) is 13.7. The Labute approximate surface area is 239 Å². The number of rotatable bonds is 17. The van der Waals surface area contributed by atoms with Gasteiger partial charge in [-0.3, -0.25) is 24.0 Å². The van der Waals surface area contributed by atoms with Crippen LogP contribution in [-0.4, -0.2) is 65.6 Å². The summed E-state index contributed by atoms with van der Waals surface area (Å²) in [4.78, 5) is 63.1. The zero-order valence-electron chi connectivity index (χ0n) is 23.1. The van der Waals surface area contributed by atoms with Crippen molar-refractivity contribution in [3.8, 4) is 0 Å². The second-order valence-electron chi connectivity index (χ2n) is 10.1. The number of carbonyl (C=O) groups is 5. The minimum absolute atomic E-state index is 0.0683. The van der Waals surface area contributed by atoms with Gasteiger partial charge in [0.15, 0.2) is 0 Å². The number of carbonyl (C=O) groups excluding carboxylic acids is 5. The molecule has 0 saturated carbocycles. The van der Waals surface area contributed by atoms with E-state index in [1.54, 1.807) is 6.92 Å². The van der Waals surface area contributed by atoms with Crippen LogP contribution in [0.1, 0.15) is 64.9 Å². The molecular weight excluding hydrogens is 536 g/mol. The zero-order valence-corrected chi connectivity index (χ0v) is 24.8. The molecule has 1 aliphatic heterocycles. The molecule has 2 rings (SSSR count). The van der Waals surface area contributed by atoms with E-state index in [-0.39, 0.29) is 31.3 Å². The van der Waals surface area contributed by atoms with Gasteiger partial charge in [-0.1, -0.05) is 72.2 Å². The van der Waals surface area contributed by atoms with Gasteiger partial charge in [-0.25, -0.2) is 0 Å². The highest BCUT2D eigenvalue weighted by Crippen LogP contribution is 2.39. The molecule has 0 aromatic heterocycles. The van der Waals surface area contributed by atoms with Crippen LogP contribution in [-0.2, 0) is 30.4 Å². The summed E-state index contributed by atoms with van der Waals surface area (Å²) in [6.07, 6.45) is 4.90. The standard InChI is InChI=1S/C28H42N4O5S2/c1-4-29-28(37)26(35)22(17-20-10-6-5-7-11-20)32-27(36)23(16-19(2)3)31-25(34)18-30-24(33)13-9-8-12-21-14-15-38-39-21/h5-7,10-11,19,21-23H,4,8-9,12-18H2,1-3H3,(H,29,37)(H,30,33)(H,31,34)(H,32,36)/t21?,22-,23-/m0/s1. The summed E-state index contributed by atoms with van der Waals surface area (Å²) in [7, 11) is 3.83. The number of amides is 4. The second kappa shape index (κ2) is 17.9. The third kappa shape index (κ3) is 12.9. The van der Waals surface area contributed by atoms with E-state index >= 15 is 0 Å².